The number of nitrogens with zero attached hydrogens (tertiary/aromatic N) is 5. The first kappa shape index (κ1) is 44.8. The first-order valence-corrected chi connectivity index (χ1v) is 22.8. The van der Waals surface area contributed by atoms with Crippen LogP contribution in [-0.2, 0) is 31.6 Å². The number of rotatable bonds is 21. The van der Waals surface area contributed by atoms with Gasteiger partial charge in [-0.05, 0) is 99.5 Å². The molecule has 60 heavy (non-hydrogen) atoms. The van der Waals surface area contributed by atoms with Crippen LogP contribution >= 0.6 is 23.2 Å². The maximum atomic E-state index is 13.9. The number of carbonyl (C=O) groups excluding carboxylic acids is 2. The average Bonchev–Trinajstić information content (AvgIpc) is 3.97. The molecule has 4 aromatic carbocycles. The zero-order valence-electron chi connectivity index (χ0n) is 34.2. The number of aryl methyl sites for hydroxylation is 1. The van der Waals surface area contributed by atoms with Crippen molar-refractivity contribution >= 4 is 45.0 Å². The molecule has 6 rings (SSSR count). The molecule has 0 aliphatic carbocycles. The minimum absolute atomic E-state index is 0.0125. The summed E-state index contributed by atoms with van der Waals surface area (Å²) in [5.74, 6) is -0.854. The number of aromatic nitrogens is 2. The number of hydrogen-bond donors (Lipinski definition) is 1. The topological polar surface area (TPSA) is 108 Å². The van der Waals surface area contributed by atoms with Crippen LogP contribution in [0.3, 0.4) is 0 Å². The molecule has 1 fully saturated rings. The number of amides is 2. The van der Waals surface area contributed by atoms with Crippen molar-refractivity contribution < 1.29 is 18.0 Å². The van der Waals surface area contributed by atoms with Crippen LogP contribution in [0, 0.1) is 6.92 Å². The Labute approximate surface area is 364 Å². The standard InChI is InChI=1S/C47H54Cl2N6O4S/c1-3-27-54(60(58,59)43-26-25-42(48)37(2)46(43)49)35-44(56)51-34-45(57)53(31-16-15-30-52-28-13-14-29-52)32-17-24-41-33-50-36-55(41)47(38-18-7-4-8-19-38,39-20-9-5-10-21-39)40-22-11-6-12-23-40/h3-12,18-23,25-26,33,36H,1,13-17,24,27-32,34-35H2,2H3,(H,51,56). The minimum atomic E-state index is -4.20. The number of benzene rings is 4. The van der Waals surface area contributed by atoms with Crippen LogP contribution in [0.5, 0.6) is 0 Å². The number of hydrogen-bond acceptors (Lipinski definition) is 6. The molecule has 2 amide bonds. The summed E-state index contributed by atoms with van der Waals surface area (Å²) in [5.41, 5.74) is 4.01. The molecule has 0 saturated carbocycles. The molecule has 1 aliphatic heterocycles. The van der Waals surface area contributed by atoms with Crippen LogP contribution in [0.15, 0.2) is 133 Å². The van der Waals surface area contributed by atoms with Gasteiger partial charge in [-0.3, -0.25) is 9.59 Å². The van der Waals surface area contributed by atoms with Gasteiger partial charge < -0.3 is 19.7 Å². The third-order valence-electron chi connectivity index (χ3n) is 11.2. The average molecular weight is 870 g/mol. The molecule has 0 spiro atoms. The van der Waals surface area contributed by atoms with E-state index >= 15 is 0 Å². The van der Waals surface area contributed by atoms with Gasteiger partial charge in [0.15, 0.2) is 0 Å². The molecular weight excluding hydrogens is 816 g/mol. The largest absolute Gasteiger partial charge is 0.346 e. The lowest BCUT2D eigenvalue weighted by Gasteiger charge is -2.38. The number of carbonyl (C=O) groups is 2. The van der Waals surface area contributed by atoms with E-state index in [1.165, 1.54) is 31.1 Å². The Morgan fingerprint density at radius 3 is 2.02 bits per heavy atom. The van der Waals surface area contributed by atoms with Crippen LogP contribution in [-0.4, -0.2) is 96.2 Å². The molecule has 0 unspecified atom stereocenters. The minimum Gasteiger partial charge on any atom is -0.346 e. The van der Waals surface area contributed by atoms with Crippen molar-refractivity contribution in [2.45, 2.75) is 55.9 Å². The summed E-state index contributed by atoms with van der Waals surface area (Å²) in [7, 11) is -4.20. The molecule has 1 aliphatic rings. The molecule has 0 bridgehead atoms. The van der Waals surface area contributed by atoms with Gasteiger partial charge in [0, 0.05) is 36.5 Å². The lowest BCUT2D eigenvalue weighted by Crippen LogP contribution is -2.45. The van der Waals surface area contributed by atoms with Crippen molar-refractivity contribution in [1.82, 2.24) is 29.0 Å². The van der Waals surface area contributed by atoms with Crippen molar-refractivity contribution in [3.05, 3.63) is 166 Å². The van der Waals surface area contributed by atoms with E-state index in [1.807, 2.05) is 35.6 Å². The molecule has 13 heteroatoms. The molecule has 316 valence electrons. The van der Waals surface area contributed by atoms with Gasteiger partial charge in [0.1, 0.15) is 10.4 Å². The summed E-state index contributed by atoms with van der Waals surface area (Å²) in [6.45, 7) is 8.58. The molecule has 1 N–H and O–H groups in total. The lowest BCUT2D eigenvalue weighted by atomic mass is 9.76. The second kappa shape index (κ2) is 21.1. The summed E-state index contributed by atoms with van der Waals surface area (Å²) in [4.78, 5) is 36.0. The van der Waals surface area contributed by atoms with Crippen LogP contribution in [0.2, 0.25) is 10.0 Å². The zero-order chi connectivity index (χ0) is 42.5. The maximum absolute atomic E-state index is 13.9. The van der Waals surface area contributed by atoms with Crippen molar-refractivity contribution in [3.8, 4) is 0 Å². The van der Waals surface area contributed by atoms with E-state index in [0.29, 0.717) is 36.5 Å². The highest BCUT2D eigenvalue weighted by Crippen LogP contribution is 2.41. The van der Waals surface area contributed by atoms with E-state index < -0.39 is 28.0 Å². The van der Waals surface area contributed by atoms with E-state index in [-0.39, 0.29) is 28.9 Å². The van der Waals surface area contributed by atoms with Crippen LogP contribution in [0.1, 0.15) is 60.1 Å². The SMILES string of the molecule is C=CCN(CC(=O)NCC(=O)N(CCCCN1CCCC1)CCCc1cncn1C(c1ccccc1)(c1ccccc1)c1ccccc1)S(=O)(=O)c1ccc(Cl)c(C)c1Cl. The number of nitrogens with one attached hydrogen (secondary N) is 1. The first-order valence-electron chi connectivity index (χ1n) is 20.6. The highest BCUT2D eigenvalue weighted by molar-refractivity contribution is 7.89. The normalized spacial score (nSPS) is 13.4. The fourth-order valence-electron chi connectivity index (χ4n) is 8.09. The Morgan fingerprint density at radius 1 is 0.850 bits per heavy atom. The number of sulfonamides is 1. The molecule has 0 atom stereocenters. The lowest BCUT2D eigenvalue weighted by molar-refractivity contribution is -0.133. The third-order valence-corrected chi connectivity index (χ3v) is 14.1. The van der Waals surface area contributed by atoms with Gasteiger partial charge in [0.25, 0.3) is 0 Å². The van der Waals surface area contributed by atoms with Gasteiger partial charge in [-0.1, -0.05) is 120 Å². The predicted octanol–water partition coefficient (Wildman–Crippen LogP) is 7.97. The van der Waals surface area contributed by atoms with Crippen molar-refractivity contribution in [2.24, 2.45) is 0 Å². The van der Waals surface area contributed by atoms with Crippen molar-refractivity contribution in [2.75, 3.05) is 52.4 Å². The van der Waals surface area contributed by atoms with E-state index in [9.17, 15) is 18.0 Å². The van der Waals surface area contributed by atoms with Gasteiger partial charge in [-0.2, -0.15) is 4.31 Å². The summed E-state index contributed by atoms with van der Waals surface area (Å²) >= 11 is 12.6. The van der Waals surface area contributed by atoms with Crippen LogP contribution < -0.4 is 5.32 Å². The highest BCUT2D eigenvalue weighted by atomic mass is 35.5. The molecular formula is C47H54Cl2N6O4S. The van der Waals surface area contributed by atoms with Crippen molar-refractivity contribution in [1.29, 1.82) is 0 Å². The highest BCUT2D eigenvalue weighted by Gasteiger charge is 2.39. The fraction of sp³-hybridized carbons (Fsp3) is 0.340. The number of unbranched alkanes of at least 4 members (excludes halogenated alkanes) is 1. The van der Waals surface area contributed by atoms with Crippen molar-refractivity contribution in [3.63, 3.8) is 0 Å². The summed E-state index contributed by atoms with van der Waals surface area (Å²) < 4.78 is 30.6. The molecule has 1 saturated heterocycles. The Morgan fingerprint density at radius 2 is 1.43 bits per heavy atom. The number of likely N-dealkylation sites (tertiary alicyclic amines) is 1. The Kier molecular flexibility index (Phi) is 15.8. The molecule has 5 aromatic rings. The zero-order valence-corrected chi connectivity index (χ0v) is 36.5. The molecule has 2 heterocycles. The predicted molar refractivity (Wildman–Crippen MR) is 240 cm³/mol. The van der Waals surface area contributed by atoms with E-state index in [4.69, 9.17) is 28.2 Å². The summed E-state index contributed by atoms with van der Waals surface area (Å²) in [6.07, 6.45) is 10.7. The quantitative estimate of drug-likeness (QED) is 0.0456. The molecule has 0 radical (unpaired) electrons. The van der Waals surface area contributed by atoms with Gasteiger partial charge in [0.2, 0.25) is 21.8 Å². The Balaban J connectivity index is 1.18. The Hall–Kier alpha value is -4.78. The summed E-state index contributed by atoms with van der Waals surface area (Å²) in [6, 6.07) is 34.1. The van der Waals surface area contributed by atoms with Crippen LogP contribution in [0.4, 0.5) is 0 Å². The maximum Gasteiger partial charge on any atom is 0.245 e. The second-order valence-corrected chi connectivity index (χ2v) is 17.8. The fourth-order valence-corrected chi connectivity index (χ4v) is 10.2. The van der Waals surface area contributed by atoms with Gasteiger partial charge >= 0.3 is 0 Å². The number of halogens is 2. The van der Waals surface area contributed by atoms with Gasteiger partial charge in [0.05, 0.1) is 24.4 Å². The van der Waals surface area contributed by atoms with E-state index in [1.54, 1.807) is 6.92 Å². The second-order valence-electron chi connectivity index (χ2n) is 15.2. The first-order chi connectivity index (χ1) is 29.1. The monoisotopic (exact) mass is 868 g/mol. The molecule has 1 aromatic heterocycles. The third kappa shape index (κ3) is 10.4. The number of imidazole rings is 1. The van der Waals surface area contributed by atoms with Crippen LogP contribution in [0.25, 0.3) is 0 Å². The van der Waals surface area contributed by atoms with Gasteiger partial charge in [-0.15, -0.1) is 6.58 Å². The molecule has 10 nitrogen and oxygen atoms in total. The van der Waals surface area contributed by atoms with E-state index in [0.717, 1.165) is 59.2 Å². The Bertz CT molecular complexity index is 2210. The van der Waals surface area contributed by atoms with Gasteiger partial charge in [-0.25, -0.2) is 13.4 Å². The summed E-state index contributed by atoms with van der Waals surface area (Å²) in [5, 5.41) is 3.00. The van der Waals surface area contributed by atoms with E-state index in [2.05, 4.69) is 94.2 Å². The smallest absolute Gasteiger partial charge is 0.245 e.